The predicted octanol–water partition coefficient (Wildman–Crippen LogP) is 5.62. The Morgan fingerprint density at radius 3 is 2.56 bits per heavy atom. The topological polar surface area (TPSA) is 80.2 Å². The summed E-state index contributed by atoms with van der Waals surface area (Å²) in [6.07, 6.45) is 1.52. The molecule has 0 saturated carbocycles. The Morgan fingerprint density at radius 2 is 1.88 bits per heavy atom. The number of methoxy groups -OCH3 is 1. The van der Waals surface area contributed by atoms with Crippen LogP contribution in [0.2, 0.25) is 5.02 Å². The maximum absolute atomic E-state index is 12.3. The van der Waals surface area contributed by atoms with Crippen LogP contribution in [-0.2, 0) is 6.61 Å². The molecule has 0 aliphatic carbocycles. The maximum atomic E-state index is 12.3. The number of phenols is 1. The van der Waals surface area contributed by atoms with Gasteiger partial charge in [0.05, 0.1) is 18.9 Å². The lowest BCUT2D eigenvalue weighted by Crippen LogP contribution is -2.17. The number of nitrogens with one attached hydrogen (secondary N) is 1. The van der Waals surface area contributed by atoms with Gasteiger partial charge >= 0.3 is 0 Å². The number of halogens is 2. The molecule has 3 rings (SSSR count). The lowest BCUT2D eigenvalue weighted by atomic mass is 10.1. The summed E-state index contributed by atoms with van der Waals surface area (Å²) in [6, 6.07) is 14.1. The van der Waals surface area contributed by atoms with Crippen molar-refractivity contribution in [1.82, 2.24) is 5.43 Å². The molecule has 32 heavy (non-hydrogen) atoms. The van der Waals surface area contributed by atoms with Crippen molar-refractivity contribution in [2.75, 3.05) is 7.11 Å². The highest BCUT2D eigenvalue weighted by molar-refractivity contribution is 14.1. The quantitative estimate of drug-likeness (QED) is 0.222. The van der Waals surface area contributed by atoms with Gasteiger partial charge in [0.25, 0.3) is 5.91 Å². The molecule has 0 atom stereocenters. The molecule has 0 bridgehead atoms. The van der Waals surface area contributed by atoms with E-state index in [0.717, 1.165) is 36.6 Å². The third-order valence-electron chi connectivity index (χ3n) is 4.69. The number of hydrogen-bond acceptors (Lipinski definition) is 5. The molecule has 0 fully saturated rings. The fourth-order valence-electron chi connectivity index (χ4n) is 3.06. The van der Waals surface area contributed by atoms with Gasteiger partial charge in [0.2, 0.25) is 0 Å². The SMILES string of the molecule is COc1ccc(/C=N\NC(=O)c2cc(I)ccc2O)cc1COc1cc(C)c(Cl)c(C)c1. The van der Waals surface area contributed by atoms with Crippen molar-refractivity contribution in [2.24, 2.45) is 5.10 Å². The van der Waals surface area contributed by atoms with Crippen LogP contribution in [0.15, 0.2) is 53.6 Å². The number of nitrogens with zero attached hydrogens (tertiary/aromatic N) is 1. The number of hydrazone groups is 1. The Morgan fingerprint density at radius 1 is 1.16 bits per heavy atom. The van der Waals surface area contributed by atoms with Crippen LogP contribution in [-0.4, -0.2) is 24.3 Å². The zero-order chi connectivity index (χ0) is 23.3. The van der Waals surface area contributed by atoms with E-state index in [1.165, 1.54) is 12.3 Å². The van der Waals surface area contributed by atoms with Gasteiger partial charge in [0.1, 0.15) is 23.9 Å². The number of ether oxygens (including phenoxy) is 2. The van der Waals surface area contributed by atoms with Crippen LogP contribution in [0, 0.1) is 17.4 Å². The number of phenolic OH excluding ortho intramolecular Hbond substituents is 1. The number of carbonyl (C=O) groups excluding carboxylic acids is 1. The van der Waals surface area contributed by atoms with Crippen LogP contribution in [0.4, 0.5) is 0 Å². The monoisotopic (exact) mass is 564 g/mol. The molecule has 3 aromatic carbocycles. The number of aryl methyl sites for hydroxylation is 2. The third-order valence-corrected chi connectivity index (χ3v) is 5.96. The van der Waals surface area contributed by atoms with E-state index >= 15 is 0 Å². The highest BCUT2D eigenvalue weighted by Crippen LogP contribution is 2.28. The minimum absolute atomic E-state index is 0.102. The highest BCUT2D eigenvalue weighted by atomic mass is 127. The molecular weight excluding hydrogens is 543 g/mol. The van der Waals surface area contributed by atoms with Gasteiger partial charge in [-0.05, 0) is 102 Å². The molecule has 166 valence electrons. The van der Waals surface area contributed by atoms with Gasteiger partial charge in [0.15, 0.2) is 0 Å². The molecule has 3 aromatic rings. The summed E-state index contributed by atoms with van der Waals surface area (Å²) in [5.41, 5.74) is 6.06. The van der Waals surface area contributed by atoms with Gasteiger partial charge in [0, 0.05) is 14.2 Å². The fourth-order valence-corrected chi connectivity index (χ4v) is 3.66. The molecule has 6 nitrogen and oxygen atoms in total. The van der Waals surface area contributed by atoms with Gasteiger partial charge in [-0.2, -0.15) is 5.10 Å². The average Bonchev–Trinajstić information content (AvgIpc) is 2.77. The van der Waals surface area contributed by atoms with E-state index in [0.29, 0.717) is 5.75 Å². The standard InChI is InChI=1S/C24H22ClIN2O4/c1-14-8-19(9-15(2)23(14)25)32-13-17-10-16(4-7-22(17)31-3)12-27-28-24(30)20-11-18(26)5-6-21(20)29/h4-12,29H,13H2,1-3H3,(H,28,30)/b27-12-. The number of rotatable bonds is 7. The van der Waals surface area contributed by atoms with Crippen molar-refractivity contribution in [3.63, 3.8) is 0 Å². The molecule has 2 N–H and O–H groups in total. The lowest BCUT2D eigenvalue weighted by molar-refractivity contribution is 0.0952. The number of aromatic hydroxyl groups is 1. The smallest absolute Gasteiger partial charge is 0.275 e. The normalized spacial score (nSPS) is 10.9. The van der Waals surface area contributed by atoms with E-state index < -0.39 is 5.91 Å². The molecule has 0 radical (unpaired) electrons. The second kappa shape index (κ2) is 10.7. The summed E-state index contributed by atoms with van der Waals surface area (Å²) in [7, 11) is 1.59. The van der Waals surface area contributed by atoms with Crippen LogP contribution in [0.3, 0.4) is 0 Å². The van der Waals surface area contributed by atoms with Crippen molar-refractivity contribution in [3.05, 3.63) is 84.9 Å². The van der Waals surface area contributed by atoms with Crippen molar-refractivity contribution in [3.8, 4) is 17.2 Å². The lowest BCUT2D eigenvalue weighted by Gasteiger charge is -2.13. The molecule has 8 heteroatoms. The zero-order valence-corrected chi connectivity index (χ0v) is 20.7. The molecule has 0 aliphatic rings. The van der Waals surface area contributed by atoms with Crippen molar-refractivity contribution in [1.29, 1.82) is 0 Å². The molecule has 0 saturated heterocycles. The van der Waals surface area contributed by atoms with Crippen LogP contribution in [0.1, 0.15) is 32.6 Å². The molecule has 0 aliphatic heterocycles. The minimum atomic E-state index is -0.497. The van der Waals surface area contributed by atoms with Crippen LogP contribution < -0.4 is 14.9 Å². The fraction of sp³-hybridized carbons (Fsp3) is 0.167. The number of carbonyl (C=O) groups is 1. The molecule has 0 aromatic heterocycles. The van der Waals surface area contributed by atoms with Crippen molar-refractivity contribution < 1.29 is 19.4 Å². The van der Waals surface area contributed by atoms with Gasteiger partial charge in [-0.15, -0.1) is 0 Å². The van der Waals surface area contributed by atoms with Gasteiger partial charge < -0.3 is 14.6 Å². The minimum Gasteiger partial charge on any atom is -0.507 e. The average molecular weight is 565 g/mol. The van der Waals surface area contributed by atoms with Crippen LogP contribution in [0.25, 0.3) is 0 Å². The first kappa shape index (κ1) is 23.9. The number of hydrogen-bond donors (Lipinski definition) is 2. The van der Waals surface area contributed by atoms with Crippen LogP contribution in [0.5, 0.6) is 17.2 Å². The Labute approximate surface area is 205 Å². The Hall–Kier alpha value is -2.78. The van der Waals surface area contributed by atoms with Gasteiger partial charge in [-0.25, -0.2) is 5.43 Å². The molecular formula is C24H22ClIN2O4. The summed E-state index contributed by atoms with van der Waals surface area (Å²) in [5.74, 6) is 0.796. The van der Waals surface area contributed by atoms with E-state index in [1.807, 2.05) is 44.2 Å². The molecule has 1 amide bonds. The van der Waals surface area contributed by atoms with Crippen molar-refractivity contribution in [2.45, 2.75) is 20.5 Å². The maximum Gasteiger partial charge on any atom is 0.275 e. The summed E-state index contributed by atoms with van der Waals surface area (Å²) in [5, 5.41) is 14.6. The summed E-state index contributed by atoms with van der Waals surface area (Å²) >= 11 is 8.30. The summed E-state index contributed by atoms with van der Waals surface area (Å²) in [4.78, 5) is 12.3. The number of amides is 1. The first-order chi connectivity index (χ1) is 15.3. The highest BCUT2D eigenvalue weighted by Gasteiger charge is 2.11. The summed E-state index contributed by atoms with van der Waals surface area (Å²) in [6.45, 7) is 4.16. The third kappa shape index (κ3) is 5.92. The van der Waals surface area contributed by atoms with Crippen molar-refractivity contribution >= 4 is 46.3 Å². The second-order valence-electron chi connectivity index (χ2n) is 7.09. The number of benzene rings is 3. The molecule has 0 spiro atoms. The second-order valence-corrected chi connectivity index (χ2v) is 8.72. The Bertz CT molecular complexity index is 1160. The van der Waals surface area contributed by atoms with Crippen LogP contribution >= 0.6 is 34.2 Å². The zero-order valence-electron chi connectivity index (χ0n) is 17.8. The first-order valence-electron chi connectivity index (χ1n) is 9.67. The largest absolute Gasteiger partial charge is 0.507 e. The predicted molar refractivity (Wildman–Crippen MR) is 134 cm³/mol. The Balaban J connectivity index is 1.71. The summed E-state index contributed by atoms with van der Waals surface area (Å²) < 4.78 is 12.2. The van der Waals surface area contributed by atoms with E-state index in [1.54, 1.807) is 19.2 Å². The Kier molecular flexibility index (Phi) is 7.98. The van der Waals surface area contributed by atoms with E-state index in [-0.39, 0.29) is 17.9 Å². The molecule has 0 heterocycles. The van der Waals surface area contributed by atoms with E-state index in [4.69, 9.17) is 21.1 Å². The molecule has 0 unspecified atom stereocenters. The van der Waals surface area contributed by atoms with E-state index in [9.17, 15) is 9.90 Å². The van der Waals surface area contributed by atoms with Gasteiger partial charge in [-0.1, -0.05) is 11.6 Å². The first-order valence-corrected chi connectivity index (χ1v) is 11.1. The van der Waals surface area contributed by atoms with Gasteiger partial charge in [-0.3, -0.25) is 4.79 Å². The van der Waals surface area contributed by atoms with E-state index in [2.05, 4.69) is 33.1 Å².